The van der Waals surface area contributed by atoms with E-state index in [0.717, 1.165) is 5.56 Å². The molecule has 5 N–H and O–H groups in total. The van der Waals surface area contributed by atoms with Gasteiger partial charge in [-0.3, -0.25) is 4.79 Å². The highest BCUT2D eigenvalue weighted by molar-refractivity contribution is 7.89. The lowest BCUT2D eigenvalue weighted by Crippen LogP contribution is -2.36. The van der Waals surface area contributed by atoms with Crippen molar-refractivity contribution >= 4 is 33.5 Å². The number of nitrogens with zero attached hydrogens (tertiary/aromatic N) is 2. The molecule has 1 atom stereocenters. The Hall–Kier alpha value is -3.44. The first-order chi connectivity index (χ1) is 15.3. The van der Waals surface area contributed by atoms with Gasteiger partial charge < -0.3 is 26.4 Å². The number of nitrogens with one attached hydrogen (secondary N) is 4. The predicted molar refractivity (Wildman–Crippen MR) is 124 cm³/mol. The van der Waals surface area contributed by atoms with E-state index < -0.39 is 16.1 Å². The van der Waals surface area contributed by atoms with Crippen LogP contribution in [0.1, 0.15) is 35.3 Å². The summed E-state index contributed by atoms with van der Waals surface area (Å²) in [5.74, 6) is -0.813. The maximum absolute atomic E-state index is 12.3. The van der Waals surface area contributed by atoms with Crippen LogP contribution >= 0.6 is 0 Å². The van der Waals surface area contributed by atoms with Crippen molar-refractivity contribution in [2.24, 2.45) is 8.80 Å². The van der Waals surface area contributed by atoms with Crippen molar-refractivity contribution in [1.82, 2.24) is 16.0 Å². The molecule has 2 aromatic rings. The maximum atomic E-state index is 12.3. The smallest absolute Gasteiger partial charge is 0.367 e. The van der Waals surface area contributed by atoms with Crippen molar-refractivity contribution in [3.63, 3.8) is 0 Å². The minimum atomic E-state index is -4.07. The molecule has 32 heavy (non-hydrogen) atoms. The van der Waals surface area contributed by atoms with Gasteiger partial charge in [0.1, 0.15) is 0 Å². The van der Waals surface area contributed by atoms with Crippen LogP contribution in [-0.4, -0.2) is 51.2 Å². The number of hydrogen-bond donors (Lipinski definition) is 5. The zero-order chi connectivity index (χ0) is 23.1. The highest BCUT2D eigenvalue weighted by Crippen LogP contribution is 2.28. The van der Waals surface area contributed by atoms with E-state index in [2.05, 4.69) is 30.1 Å². The molecule has 1 amide bonds. The van der Waals surface area contributed by atoms with Crippen molar-refractivity contribution in [2.75, 3.05) is 25.5 Å². The topological polar surface area (TPSA) is 144 Å². The number of aromatic hydroxyl groups is 1. The Morgan fingerprint density at radius 3 is 2.44 bits per heavy atom. The zero-order valence-corrected chi connectivity index (χ0v) is 18.6. The van der Waals surface area contributed by atoms with Crippen molar-refractivity contribution in [1.29, 1.82) is 0 Å². The van der Waals surface area contributed by atoms with Crippen molar-refractivity contribution in [3.05, 3.63) is 59.7 Å². The Balaban J connectivity index is 1.82. The fraction of sp³-hybridized carbons (Fsp3) is 0.286. The van der Waals surface area contributed by atoms with Crippen LogP contribution in [-0.2, 0) is 10.2 Å². The monoisotopic (exact) mass is 458 g/mol. The van der Waals surface area contributed by atoms with E-state index in [4.69, 9.17) is 0 Å². The number of para-hydroxylation sites is 1. The summed E-state index contributed by atoms with van der Waals surface area (Å²) in [5, 5.41) is 22.1. The van der Waals surface area contributed by atoms with Gasteiger partial charge in [0.15, 0.2) is 17.4 Å². The van der Waals surface area contributed by atoms with Gasteiger partial charge in [0.2, 0.25) is 0 Å². The number of likely N-dealkylation sites (N-methyl/N-ethyl adjacent to an activating group) is 1. The van der Waals surface area contributed by atoms with Crippen LogP contribution in [0.2, 0.25) is 0 Å². The van der Waals surface area contributed by atoms with Crippen LogP contribution in [0.5, 0.6) is 5.75 Å². The summed E-state index contributed by atoms with van der Waals surface area (Å²) < 4.78 is 31.5. The lowest BCUT2D eigenvalue weighted by molar-refractivity contribution is 0.0951. The molecule has 0 saturated heterocycles. The van der Waals surface area contributed by atoms with Gasteiger partial charge in [-0.05, 0) is 31.2 Å². The number of hydrogen-bond acceptors (Lipinski definition) is 7. The third kappa shape index (κ3) is 5.62. The average Bonchev–Trinajstić information content (AvgIpc) is 3.06. The van der Waals surface area contributed by atoms with E-state index >= 15 is 0 Å². The normalized spacial score (nSPS) is 15.4. The lowest BCUT2D eigenvalue weighted by Gasteiger charge is -2.19. The molecule has 0 fully saturated rings. The molecule has 0 spiro atoms. The van der Waals surface area contributed by atoms with Gasteiger partial charge in [-0.1, -0.05) is 43.3 Å². The minimum absolute atomic E-state index is 0.0315. The van der Waals surface area contributed by atoms with Gasteiger partial charge in [0, 0.05) is 13.1 Å². The molecule has 0 saturated carbocycles. The summed E-state index contributed by atoms with van der Waals surface area (Å²) in [6.45, 7) is 2.92. The number of amidine groups is 2. The van der Waals surface area contributed by atoms with Crippen LogP contribution in [0.25, 0.3) is 0 Å². The number of phenolic OH excluding ortho intramolecular Hbond substituents is 1. The molecule has 3 rings (SSSR count). The molecule has 0 bridgehead atoms. The highest BCUT2D eigenvalue weighted by atomic mass is 32.2. The molecular formula is C21H26N6O4S. The maximum Gasteiger partial charge on any atom is 0.367 e. The number of carbonyl (C=O) groups excluding carboxylic acids is 1. The lowest BCUT2D eigenvalue weighted by atomic mass is 10.0. The predicted octanol–water partition coefficient (Wildman–Crippen LogP) is 1.55. The summed E-state index contributed by atoms with van der Waals surface area (Å²) in [5.41, 5.74) is 1.14. The SMILES string of the molecule is CC[C@@H](NC1=NS(=O)(=O)N=C1Nc1cccc(C(=O)NCCNC)c1O)c1ccccc1. The molecule has 1 heterocycles. The molecule has 0 radical (unpaired) electrons. The Morgan fingerprint density at radius 2 is 1.75 bits per heavy atom. The van der Waals surface area contributed by atoms with Crippen molar-refractivity contribution in [2.45, 2.75) is 19.4 Å². The van der Waals surface area contributed by atoms with E-state index in [1.54, 1.807) is 13.1 Å². The fourth-order valence-electron chi connectivity index (χ4n) is 3.14. The summed E-state index contributed by atoms with van der Waals surface area (Å²) in [6.07, 6.45) is 0.671. The molecule has 0 aliphatic carbocycles. The molecule has 11 heteroatoms. The van der Waals surface area contributed by atoms with Crippen LogP contribution in [0.15, 0.2) is 57.3 Å². The fourth-order valence-corrected chi connectivity index (χ4v) is 3.91. The molecule has 170 valence electrons. The Kier molecular flexibility index (Phi) is 7.44. The van der Waals surface area contributed by atoms with E-state index in [9.17, 15) is 18.3 Å². The minimum Gasteiger partial charge on any atom is -0.505 e. The van der Waals surface area contributed by atoms with Crippen LogP contribution in [0.3, 0.4) is 0 Å². The summed E-state index contributed by atoms with van der Waals surface area (Å²) in [6, 6.07) is 13.9. The first-order valence-corrected chi connectivity index (χ1v) is 11.5. The van der Waals surface area contributed by atoms with Gasteiger partial charge in [-0.2, -0.15) is 8.42 Å². The van der Waals surface area contributed by atoms with Crippen LogP contribution in [0.4, 0.5) is 5.69 Å². The molecule has 2 aromatic carbocycles. The molecule has 1 aliphatic rings. The Bertz CT molecular complexity index is 1130. The number of carbonyl (C=O) groups is 1. The summed E-state index contributed by atoms with van der Waals surface area (Å²) >= 11 is 0. The van der Waals surface area contributed by atoms with Crippen molar-refractivity contribution in [3.8, 4) is 5.75 Å². The van der Waals surface area contributed by atoms with Gasteiger partial charge in [-0.25, -0.2) is 0 Å². The second-order valence-electron chi connectivity index (χ2n) is 7.03. The van der Waals surface area contributed by atoms with E-state index in [-0.39, 0.29) is 34.7 Å². The first kappa shape index (κ1) is 23.2. The van der Waals surface area contributed by atoms with Gasteiger partial charge >= 0.3 is 10.2 Å². The summed E-state index contributed by atoms with van der Waals surface area (Å²) in [7, 11) is -2.31. The van der Waals surface area contributed by atoms with E-state index in [1.165, 1.54) is 12.1 Å². The van der Waals surface area contributed by atoms with E-state index in [1.807, 2.05) is 37.3 Å². The van der Waals surface area contributed by atoms with Gasteiger partial charge in [0.25, 0.3) is 5.91 Å². The number of amides is 1. The zero-order valence-electron chi connectivity index (χ0n) is 17.8. The third-order valence-electron chi connectivity index (χ3n) is 4.75. The number of anilines is 1. The van der Waals surface area contributed by atoms with Gasteiger partial charge in [0.05, 0.1) is 17.3 Å². The largest absolute Gasteiger partial charge is 0.505 e. The molecule has 10 nitrogen and oxygen atoms in total. The second-order valence-corrected chi connectivity index (χ2v) is 8.29. The van der Waals surface area contributed by atoms with E-state index in [0.29, 0.717) is 19.5 Å². The summed E-state index contributed by atoms with van der Waals surface area (Å²) in [4.78, 5) is 12.3. The third-order valence-corrected chi connectivity index (χ3v) is 5.58. The molecular weight excluding hydrogens is 432 g/mol. The second kappa shape index (κ2) is 10.2. The Labute approximate surface area is 187 Å². The number of benzene rings is 2. The highest BCUT2D eigenvalue weighted by Gasteiger charge is 2.27. The van der Waals surface area contributed by atoms with Crippen LogP contribution in [0, 0.1) is 0 Å². The number of rotatable bonds is 8. The molecule has 0 aromatic heterocycles. The van der Waals surface area contributed by atoms with Crippen molar-refractivity contribution < 1.29 is 18.3 Å². The number of phenols is 1. The first-order valence-electron chi connectivity index (χ1n) is 10.1. The van der Waals surface area contributed by atoms with Crippen LogP contribution < -0.4 is 21.3 Å². The average molecular weight is 459 g/mol. The standard InChI is InChI=1S/C21H26N6O4S/c1-3-16(14-8-5-4-6-9-14)24-19-20(27-32(30,31)26-19)25-17-11-7-10-15(18(17)28)21(29)23-13-12-22-2/h4-11,16,22,28H,3,12-13H2,1-2H3,(H,23,29)(H,24,26)(H,25,27)/t16-/m1/s1. The Morgan fingerprint density at radius 1 is 1.03 bits per heavy atom. The molecule has 1 aliphatic heterocycles. The quantitative estimate of drug-likeness (QED) is 0.298. The molecule has 0 unspecified atom stereocenters. The van der Waals surface area contributed by atoms with Gasteiger partial charge in [-0.15, -0.1) is 8.80 Å².